The number of ether oxygens (including phenoxy) is 1. The zero-order valence-electron chi connectivity index (χ0n) is 12.1. The van der Waals surface area contributed by atoms with E-state index >= 15 is 0 Å². The van der Waals surface area contributed by atoms with E-state index in [-0.39, 0.29) is 11.7 Å². The van der Waals surface area contributed by atoms with Gasteiger partial charge in [0, 0.05) is 19.1 Å². The lowest BCUT2D eigenvalue weighted by molar-refractivity contribution is 0.0702. The summed E-state index contributed by atoms with van der Waals surface area (Å²) in [5, 5.41) is 13.4. The molecular weight excluding hydrogens is 256 g/mol. The number of phenolic OH excluding ortho intramolecular Hbond substituents is 1. The molecule has 0 unspecified atom stereocenters. The smallest absolute Gasteiger partial charge is 0.257 e. The van der Waals surface area contributed by atoms with Crippen LogP contribution in [-0.2, 0) is 0 Å². The van der Waals surface area contributed by atoms with Crippen LogP contribution in [0.2, 0.25) is 0 Å². The Morgan fingerprint density at radius 3 is 2.75 bits per heavy atom. The predicted molar refractivity (Wildman–Crippen MR) is 77.3 cm³/mol. The first-order chi connectivity index (χ1) is 9.67. The number of likely N-dealkylation sites (tertiary alicyclic amines) is 1. The molecule has 2 rings (SSSR count). The summed E-state index contributed by atoms with van der Waals surface area (Å²) in [4.78, 5) is 14.2. The van der Waals surface area contributed by atoms with Gasteiger partial charge < -0.3 is 20.1 Å². The number of piperidine rings is 1. The van der Waals surface area contributed by atoms with Gasteiger partial charge in [-0.1, -0.05) is 13.0 Å². The number of hydrogen-bond donors (Lipinski definition) is 2. The van der Waals surface area contributed by atoms with Crippen LogP contribution in [0.15, 0.2) is 18.2 Å². The Labute approximate surface area is 119 Å². The van der Waals surface area contributed by atoms with Crippen molar-refractivity contribution in [1.29, 1.82) is 0 Å². The Kier molecular flexibility index (Phi) is 4.84. The number of nitrogens with one attached hydrogen (secondary N) is 1. The Morgan fingerprint density at radius 2 is 2.15 bits per heavy atom. The van der Waals surface area contributed by atoms with Gasteiger partial charge in [-0.05, 0) is 31.5 Å². The molecule has 1 aromatic carbocycles. The minimum Gasteiger partial charge on any atom is -0.504 e. The maximum Gasteiger partial charge on any atom is 0.257 e. The van der Waals surface area contributed by atoms with E-state index in [9.17, 15) is 9.90 Å². The fourth-order valence-electron chi connectivity index (χ4n) is 2.61. The first-order valence-corrected chi connectivity index (χ1v) is 7.06. The summed E-state index contributed by atoms with van der Waals surface area (Å²) in [5.41, 5.74) is 0.311. The van der Waals surface area contributed by atoms with E-state index in [1.54, 1.807) is 23.1 Å². The van der Waals surface area contributed by atoms with E-state index in [4.69, 9.17) is 4.74 Å². The highest BCUT2D eigenvalue weighted by Crippen LogP contribution is 2.30. The molecule has 1 saturated heterocycles. The van der Waals surface area contributed by atoms with E-state index < -0.39 is 0 Å². The highest BCUT2D eigenvalue weighted by Gasteiger charge is 2.25. The highest BCUT2D eigenvalue weighted by molar-refractivity contribution is 5.97. The summed E-state index contributed by atoms with van der Waals surface area (Å²) >= 11 is 0. The van der Waals surface area contributed by atoms with Crippen molar-refractivity contribution in [2.24, 2.45) is 0 Å². The van der Waals surface area contributed by atoms with Crippen molar-refractivity contribution in [1.82, 2.24) is 10.2 Å². The summed E-state index contributed by atoms with van der Waals surface area (Å²) in [5.74, 6) is 0.128. The van der Waals surface area contributed by atoms with Crippen molar-refractivity contribution in [3.63, 3.8) is 0 Å². The summed E-state index contributed by atoms with van der Waals surface area (Å²) in [6, 6.07) is 5.49. The van der Waals surface area contributed by atoms with Crippen molar-refractivity contribution in [2.45, 2.75) is 25.8 Å². The second-order valence-corrected chi connectivity index (χ2v) is 4.98. The second-order valence-electron chi connectivity index (χ2n) is 4.98. The lowest BCUT2D eigenvalue weighted by Gasteiger charge is -2.32. The number of phenols is 1. The molecule has 1 aromatic rings. The van der Waals surface area contributed by atoms with E-state index in [0.29, 0.717) is 30.4 Å². The van der Waals surface area contributed by atoms with Crippen LogP contribution in [0.4, 0.5) is 0 Å². The predicted octanol–water partition coefficient (Wildman–Crippen LogP) is 1.61. The van der Waals surface area contributed by atoms with Crippen molar-refractivity contribution in [3.8, 4) is 11.5 Å². The lowest BCUT2D eigenvalue weighted by Crippen LogP contribution is -2.44. The molecule has 5 nitrogen and oxygen atoms in total. The van der Waals surface area contributed by atoms with Gasteiger partial charge in [-0.3, -0.25) is 4.79 Å². The van der Waals surface area contributed by atoms with Gasteiger partial charge in [0.2, 0.25) is 0 Å². The quantitative estimate of drug-likeness (QED) is 0.878. The zero-order valence-corrected chi connectivity index (χ0v) is 12.1. The summed E-state index contributed by atoms with van der Waals surface area (Å²) in [7, 11) is 1.48. The average molecular weight is 278 g/mol. The van der Waals surface area contributed by atoms with Crippen molar-refractivity contribution in [2.75, 3.05) is 26.7 Å². The average Bonchev–Trinajstić information content (AvgIpc) is 2.48. The van der Waals surface area contributed by atoms with Crippen LogP contribution in [0.25, 0.3) is 0 Å². The standard InChI is InChI=1S/C15H22N2O3/c1-3-16-11-7-9-17(10-8-11)15(19)12-5-4-6-13(20-2)14(12)18/h4-6,11,16,18H,3,7-10H2,1-2H3. The van der Waals surface area contributed by atoms with E-state index in [0.717, 1.165) is 19.4 Å². The Morgan fingerprint density at radius 1 is 1.45 bits per heavy atom. The molecule has 110 valence electrons. The minimum absolute atomic E-state index is 0.0752. The van der Waals surface area contributed by atoms with Gasteiger partial charge in [-0.15, -0.1) is 0 Å². The number of hydrogen-bond acceptors (Lipinski definition) is 4. The molecule has 0 spiro atoms. The maximum absolute atomic E-state index is 12.4. The third-order valence-electron chi connectivity index (χ3n) is 3.72. The highest BCUT2D eigenvalue weighted by atomic mass is 16.5. The van der Waals surface area contributed by atoms with Crippen LogP contribution >= 0.6 is 0 Å². The number of benzene rings is 1. The van der Waals surface area contributed by atoms with Crippen LogP contribution in [0, 0.1) is 0 Å². The normalized spacial score (nSPS) is 16.2. The SMILES string of the molecule is CCNC1CCN(C(=O)c2cccc(OC)c2O)CC1. The van der Waals surface area contributed by atoms with Crippen LogP contribution in [0.1, 0.15) is 30.1 Å². The van der Waals surface area contributed by atoms with E-state index in [2.05, 4.69) is 12.2 Å². The van der Waals surface area contributed by atoms with Crippen molar-refractivity contribution >= 4 is 5.91 Å². The number of carbonyl (C=O) groups is 1. The number of para-hydroxylation sites is 1. The maximum atomic E-state index is 12.4. The van der Waals surface area contributed by atoms with Crippen molar-refractivity contribution in [3.05, 3.63) is 23.8 Å². The molecular formula is C15H22N2O3. The molecule has 1 aliphatic rings. The minimum atomic E-state index is -0.128. The fourth-order valence-corrected chi connectivity index (χ4v) is 2.61. The van der Waals surface area contributed by atoms with Gasteiger partial charge in [0.15, 0.2) is 11.5 Å². The third kappa shape index (κ3) is 3.04. The second kappa shape index (κ2) is 6.61. The molecule has 5 heteroatoms. The molecule has 1 heterocycles. The molecule has 1 aliphatic heterocycles. The topological polar surface area (TPSA) is 61.8 Å². The van der Waals surface area contributed by atoms with Crippen LogP contribution in [0.3, 0.4) is 0 Å². The Balaban J connectivity index is 2.06. The zero-order chi connectivity index (χ0) is 14.5. The number of nitrogens with zero attached hydrogens (tertiary/aromatic N) is 1. The number of methoxy groups -OCH3 is 1. The molecule has 0 radical (unpaired) electrons. The summed E-state index contributed by atoms with van der Waals surface area (Å²) in [6.45, 7) is 4.47. The Hall–Kier alpha value is -1.75. The molecule has 0 aromatic heterocycles. The molecule has 20 heavy (non-hydrogen) atoms. The molecule has 0 aliphatic carbocycles. The van der Waals surface area contributed by atoms with Gasteiger partial charge in [0.1, 0.15) is 0 Å². The molecule has 0 atom stereocenters. The Bertz CT molecular complexity index is 468. The molecule has 1 amide bonds. The fraction of sp³-hybridized carbons (Fsp3) is 0.533. The third-order valence-corrected chi connectivity index (χ3v) is 3.72. The summed E-state index contributed by atoms with van der Waals surface area (Å²) < 4.78 is 5.04. The van der Waals surface area contributed by atoms with Gasteiger partial charge in [0.25, 0.3) is 5.91 Å². The van der Waals surface area contributed by atoms with E-state index in [1.807, 2.05) is 0 Å². The molecule has 1 fully saturated rings. The number of aromatic hydroxyl groups is 1. The van der Waals surface area contributed by atoms with Gasteiger partial charge >= 0.3 is 0 Å². The number of amides is 1. The first kappa shape index (κ1) is 14.7. The van der Waals surface area contributed by atoms with Crippen LogP contribution in [-0.4, -0.2) is 48.7 Å². The first-order valence-electron chi connectivity index (χ1n) is 7.06. The van der Waals surface area contributed by atoms with Gasteiger partial charge in [-0.25, -0.2) is 0 Å². The largest absolute Gasteiger partial charge is 0.504 e. The number of carbonyl (C=O) groups excluding carboxylic acids is 1. The molecule has 0 saturated carbocycles. The van der Waals surface area contributed by atoms with Crippen LogP contribution < -0.4 is 10.1 Å². The van der Waals surface area contributed by atoms with E-state index in [1.165, 1.54) is 7.11 Å². The summed E-state index contributed by atoms with van der Waals surface area (Å²) in [6.07, 6.45) is 1.90. The lowest BCUT2D eigenvalue weighted by atomic mass is 10.0. The molecule has 0 bridgehead atoms. The number of rotatable bonds is 4. The van der Waals surface area contributed by atoms with Gasteiger partial charge in [0.05, 0.1) is 12.7 Å². The monoisotopic (exact) mass is 278 g/mol. The molecule has 2 N–H and O–H groups in total. The van der Waals surface area contributed by atoms with Crippen LogP contribution in [0.5, 0.6) is 11.5 Å². The van der Waals surface area contributed by atoms with Gasteiger partial charge in [-0.2, -0.15) is 0 Å². The van der Waals surface area contributed by atoms with Crippen molar-refractivity contribution < 1.29 is 14.6 Å².